The molecule has 1 atom stereocenters. The number of imidazole rings is 1. The van der Waals surface area contributed by atoms with Gasteiger partial charge in [-0.25, -0.2) is 23.7 Å². The standard InChI is InChI=1S/C25H21F2N7O/c1-5-6-20(35)33-11-19-16(21-24(28)29-12-30-25(21)34(19)10-13(33)2)8-7-15-17(26)9-18-23(22(15)27)31-14(3)32(18)4/h9,12-13H,10-11H2,1-4H3,(H2,28,29,30)/t13-/m1/s1. The number of nitrogens with zero attached hydrogens (tertiary/aromatic N) is 6. The van der Waals surface area contributed by atoms with Crippen LogP contribution in [0.3, 0.4) is 0 Å². The number of aryl methyl sites for hydroxylation is 2. The number of carbonyl (C=O) groups is 1. The van der Waals surface area contributed by atoms with Gasteiger partial charge in [0.05, 0.1) is 34.3 Å². The molecule has 0 radical (unpaired) electrons. The number of amides is 1. The average molecular weight is 473 g/mol. The molecule has 3 aromatic heterocycles. The van der Waals surface area contributed by atoms with Crippen LogP contribution in [0.15, 0.2) is 12.4 Å². The number of benzene rings is 1. The summed E-state index contributed by atoms with van der Waals surface area (Å²) >= 11 is 0. The first-order chi connectivity index (χ1) is 16.7. The van der Waals surface area contributed by atoms with Crippen LogP contribution in [0.25, 0.3) is 22.1 Å². The summed E-state index contributed by atoms with van der Waals surface area (Å²) in [6.45, 7) is 5.84. The van der Waals surface area contributed by atoms with Gasteiger partial charge in [0.15, 0.2) is 5.82 Å². The predicted molar refractivity (Wildman–Crippen MR) is 127 cm³/mol. The van der Waals surface area contributed by atoms with Gasteiger partial charge in [-0.2, -0.15) is 0 Å². The van der Waals surface area contributed by atoms with E-state index in [0.717, 1.165) is 0 Å². The summed E-state index contributed by atoms with van der Waals surface area (Å²) in [4.78, 5) is 26.9. The van der Waals surface area contributed by atoms with E-state index in [9.17, 15) is 9.18 Å². The number of fused-ring (bicyclic) bond motifs is 4. The Hall–Kier alpha value is -4.44. The van der Waals surface area contributed by atoms with Crippen molar-refractivity contribution in [3.8, 4) is 23.7 Å². The van der Waals surface area contributed by atoms with Gasteiger partial charge >= 0.3 is 0 Å². The van der Waals surface area contributed by atoms with E-state index in [0.29, 0.717) is 40.2 Å². The predicted octanol–water partition coefficient (Wildman–Crippen LogP) is 2.64. The lowest BCUT2D eigenvalue weighted by Gasteiger charge is -2.33. The smallest absolute Gasteiger partial charge is 0.299 e. The third-order valence-corrected chi connectivity index (χ3v) is 6.37. The maximum Gasteiger partial charge on any atom is 0.299 e. The number of nitrogen functional groups attached to an aromatic ring is 1. The molecule has 8 nitrogen and oxygen atoms in total. The van der Waals surface area contributed by atoms with E-state index in [1.807, 2.05) is 11.5 Å². The minimum atomic E-state index is -0.832. The van der Waals surface area contributed by atoms with E-state index >= 15 is 4.39 Å². The zero-order valence-electron chi connectivity index (χ0n) is 19.6. The Morgan fingerprint density at radius 2 is 1.97 bits per heavy atom. The van der Waals surface area contributed by atoms with Crippen LogP contribution in [0.1, 0.15) is 36.5 Å². The fourth-order valence-corrected chi connectivity index (χ4v) is 4.48. The van der Waals surface area contributed by atoms with Crippen molar-refractivity contribution in [1.29, 1.82) is 0 Å². The van der Waals surface area contributed by atoms with Crippen molar-refractivity contribution in [1.82, 2.24) is 29.0 Å². The van der Waals surface area contributed by atoms with Gasteiger partial charge in [-0.05, 0) is 26.7 Å². The maximum atomic E-state index is 15.2. The van der Waals surface area contributed by atoms with Crippen molar-refractivity contribution in [2.45, 2.75) is 39.9 Å². The molecule has 4 heterocycles. The van der Waals surface area contributed by atoms with Crippen molar-refractivity contribution < 1.29 is 13.6 Å². The lowest BCUT2D eigenvalue weighted by molar-refractivity contribution is -0.128. The van der Waals surface area contributed by atoms with Gasteiger partial charge in [0, 0.05) is 25.7 Å². The Balaban J connectivity index is 1.72. The van der Waals surface area contributed by atoms with E-state index in [2.05, 4.69) is 38.6 Å². The zero-order valence-corrected chi connectivity index (χ0v) is 19.6. The quantitative estimate of drug-likeness (QED) is 0.396. The van der Waals surface area contributed by atoms with Crippen LogP contribution in [0.2, 0.25) is 0 Å². The molecule has 0 saturated carbocycles. The first-order valence-electron chi connectivity index (χ1n) is 10.9. The maximum absolute atomic E-state index is 15.2. The summed E-state index contributed by atoms with van der Waals surface area (Å²) in [5.74, 6) is 9.55. The Bertz CT molecular complexity index is 1680. The molecule has 0 unspecified atom stereocenters. The summed E-state index contributed by atoms with van der Waals surface area (Å²) in [5.41, 5.74) is 7.79. The minimum absolute atomic E-state index is 0.0473. The van der Waals surface area contributed by atoms with Crippen LogP contribution < -0.4 is 5.73 Å². The molecule has 0 aliphatic carbocycles. The molecular formula is C25H21F2N7O. The first kappa shape index (κ1) is 22.4. The SMILES string of the molecule is CC#CC(=O)N1Cc2c(C#Cc3c(F)cc4c(nc(C)n4C)c3F)c3c(N)ncnc3n2C[C@H]1C. The van der Waals surface area contributed by atoms with Crippen LogP contribution in [0.5, 0.6) is 0 Å². The number of hydrogen-bond acceptors (Lipinski definition) is 5. The topological polar surface area (TPSA) is 94.9 Å². The summed E-state index contributed by atoms with van der Waals surface area (Å²) in [5, 5.41) is 0.480. The molecule has 1 aromatic carbocycles. The molecule has 0 fully saturated rings. The number of rotatable bonds is 0. The Kier molecular flexibility index (Phi) is 5.17. The first-order valence-corrected chi connectivity index (χ1v) is 10.9. The molecule has 4 aromatic rings. The molecule has 1 aliphatic heterocycles. The fraction of sp³-hybridized carbons (Fsp3) is 0.280. The van der Waals surface area contributed by atoms with E-state index < -0.39 is 17.2 Å². The molecule has 0 spiro atoms. The highest BCUT2D eigenvalue weighted by Crippen LogP contribution is 2.32. The summed E-state index contributed by atoms with van der Waals surface area (Å²) in [6, 6.07) is 1.06. The molecule has 176 valence electrons. The molecular weight excluding hydrogens is 452 g/mol. The molecule has 1 amide bonds. The third kappa shape index (κ3) is 3.38. The van der Waals surface area contributed by atoms with Gasteiger partial charge in [-0.1, -0.05) is 17.8 Å². The highest BCUT2D eigenvalue weighted by atomic mass is 19.1. The minimum Gasteiger partial charge on any atom is -0.383 e. The van der Waals surface area contributed by atoms with Crippen LogP contribution in [0, 0.1) is 42.2 Å². The average Bonchev–Trinajstić information content (AvgIpc) is 3.28. The van der Waals surface area contributed by atoms with Crippen LogP contribution in [-0.4, -0.2) is 40.9 Å². The lowest BCUT2D eigenvalue weighted by Crippen LogP contribution is -2.44. The van der Waals surface area contributed by atoms with E-state index in [1.165, 1.54) is 12.4 Å². The molecule has 10 heteroatoms. The molecule has 1 aliphatic rings. The number of carbonyl (C=O) groups excluding carboxylic acids is 1. The Morgan fingerprint density at radius 1 is 1.23 bits per heavy atom. The van der Waals surface area contributed by atoms with Crippen molar-refractivity contribution in [3.63, 3.8) is 0 Å². The second kappa shape index (κ2) is 8.10. The Labute approximate surface area is 199 Å². The van der Waals surface area contributed by atoms with Crippen molar-refractivity contribution in [2.24, 2.45) is 7.05 Å². The van der Waals surface area contributed by atoms with E-state index in [-0.39, 0.29) is 29.8 Å². The second-order valence-electron chi connectivity index (χ2n) is 8.43. The van der Waals surface area contributed by atoms with Crippen molar-refractivity contribution in [3.05, 3.63) is 46.7 Å². The largest absolute Gasteiger partial charge is 0.383 e. The van der Waals surface area contributed by atoms with Gasteiger partial charge in [-0.3, -0.25) is 4.79 Å². The second-order valence-corrected chi connectivity index (χ2v) is 8.43. The lowest BCUT2D eigenvalue weighted by atomic mass is 10.1. The normalized spacial score (nSPS) is 14.9. The third-order valence-electron chi connectivity index (χ3n) is 6.37. The molecule has 2 N–H and O–H groups in total. The summed E-state index contributed by atoms with van der Waals surface area (Å²) < 4.78 is 33.7. The number of anilines is 1. The van der Waals surface area contributed by atoms with Crippen LogP contribution in [-0.2, 0) is 24.9 Å². The highest BCUT2D eigenvalue weighted by molar-refractivity contribution is 5.96. The van der Waals surface area contributed by atoms with Crippen molar-refractivity contribution in [2.75, 3.05) is 5.73 Å². The van der Waals surface area contributed by atoms with Gasteiger partial charge in [-0.15, -0.1) is 0 Å². The molecule has 0 bridgehead atoms. The van der Waals surface area contributed by atoms with Crippen LogP contribution in [0.4, 0.5) is 14.6 Å². The Morgan fingerprint density at radius 3 is 2.71 bits per heavy atom. The summed E-state index contributed by atoms with van der Waals surface area (Å²) in [6.07, 6.45) is 1.35. The summed E-state index contributed by atoms with van der Waals surface area (Å²) in [7, 11) is 1.69. The van der Waals surface area contributed by atoms with Gasteiger partial charge in [0.25, 0.3) is 5.91 Å². The molecule has 0 saturated heterocycles. The van der Waals surface area contributed by atoms with Gasteiger partial charge < -0.3 is 19.8 Å². The fourth-order valence-electron chi connectivity index (χ4n) is 4.48. The van der Waals surface area contributed by atoms with Gasteiger partial charge in [0.2, 0.25) is 0 Å². The molecule has 35 heavy (non-hydrogen) atoms. The highest BCUT2D eigenvalue weighted by Gasteiger charge is 2.31. The number of hydrogen-bond donors (Lipinski definition) is 1. The zero-order chi connectivity index (χ0) is 25.0. The number of halogens is 2. The van der Waals surface area contributed by atoms with Crippen LogP contribution >= 0.6 is 0 Å². The monoisotopic (exact) mass is 473 g/mol. The molecule has 5 rings (SSSR count). The van der Waals surface area contributed by atoms with E-state index in [1.54, 1.807) is 30.4 Å². The number of nitrogens with two attached hydrogens (primary N) is 1. The number of aromatic nitrogens is 5. The van der Waals surface area contributed by atoms with Crippen molar-refractivity contribution >= 4 is 33.8 Å². The van der Waals surface area contributed by atoms with Gasteiger partial charge in [0.1, 0.15) is 35.0 Å². The van der Waals surface area contributed by atoms with E-state index in [4.69, 9.17) is 5.73 Å².